The smallest absolute Gasteiger partial charge is 0.433 e. The number of alkyl halides is 3. The lowest BCUT2D eigenvalue weighted by molar-refractivity contribution is -0.141. The lowest BCUT2D eigenvalue weighted by atomic mass is 9.96. The van der Waals surface area contributed by atoms with Gasteiger partial charge in [0.15, 0.2) is 0 Å². The fraction of sp³-hybridized carbons (Fsp3) is 0.615. The van der Waals surface area contributed by atoms with Crippen LogP contribution in [0.25, 0.3) is 0 Å². The standard InChI is InChI=1S/C13H16F3N3O2/c1-12(2,3)21-11(20)19-5-8(6-19)9-4-10(13(14,15)16)18-7-17-9/h4,7-8H,5-6H2,1-3H3. The molecule has 1 aromatic heterocycles. The first-order chi connectivity index (χ1) is 9.56. The van der Waals surface area contributed by atoms with Gasteiger partial charge in [0.25, 0.3) is 0 Å². The lowest BCUT2D eigenvalue weighted by Crippen LogP contribution is -2.50. The molecular weight excluding hydrogens is 287 g/mol. The second-order valence-corrected chi connectivity index (χ2v) is 5.91. The van der Waals surface area contributed by atoms with Crippen LogP contribution in [0.3, 0.4) is 0 Å². The number of rotatable bonds is 1. The predicted molar refractivity (Wildman–Crippen MR) is 67.6 cm³/mol. The summed E-state index contributed by atoms with van der Waals surface area (Å²) in [5.74, 6) is -0.221. The van der Waals surface area contributed by atoms with Crippen LogP contribution in [0.2, 0.25) is 0 Å². The number of carbonyl (C=O) groups is 1. The Morgan fingerprint density at radius 1 is 1.29 bits per heavy atom. The number of halogens is 3. The summed E-state index contributed by atoms with van der Waals surface area (Å²) in [4.78, 5) is 20.2. The molecule has 0 saturated carbocycles. The van der Waals surface area contributed by atoms with Crippen LogP contribution in [-0.2, 0) is 10.9 Å². The van der Waals surface area contributed by atoms with Crippen molar-refractivity contribution in [3.63, 3.8) is 0 Å². The zero-order valence-electron chi connectivity index (χ0n) is 11.9. The van der Waals surface area contributed by atoms with Crippen molar-refractivity contribution in [2.45, 2.75) is 38.5 Å². The van der Waals surface area contributed by atoms with Crippen LogP contribution in [0.4, 0.5) is 18.0 Å². The van der Waals surface area contributed by atoms with Gasteiger partial charge in [-0.1, -0.05) is 0 Å². The van der Waals surface area contributed by atoms with E-state index in [0.717, 1.165) is 12.4 Å². The number of nitrogens with zero attached hydrogens (tertiary/aromatic N) is 3. The van der Waals surface area contributed by atoms with E-state index in [9.17, 15) is 18.0 Å². The van der Waals surface area contributed by atoms with Crippen molar-refractivity contribution in [1.29, 1.82) is 0 Å². The summed E-state index contributed by atoms with van der Waals surface area (Å²) >= 11 is 0. The first kappa shape index (κ1) is 15.5. The topological polar surface area (TPSA) is 55.3 Å². The van der Waals surface area contributed by atoms with Gasteiger partial charge in [-0.3, -0.25) is 0 Å². The number of hydrogen-bond acceptors (Lipinski definition) is 4. The molecule has 5 nitrogen and oxygen atoms in total. The van der Waals surface area contributed by atoms with Crippen LogP contribution in [0, 0.1) is 0 Å². The molecule has 0 spiro atoms. The molecule has 0 aromatic carbocycles. The number of hydrogen-bond donors (Lipinski definition) is 0. The number of likely N-dealkylation sites (tertiary alicyclic amines) is 1. The van der Waals surface area contributed by atoms with Crippen LogP contribution in [0.15, 0.2) is 12.4 Å². The fourth-order valence-electron chi connectivity index (χ4n) is 1.89. The Morgan fingerprint density at radius 2 is 1.90 bits per heavy atom. The van der Waals surface area contributed by atoms with Gasteiger partial charge in [-0.2, -0.15) is 13.2 Å². The third-order valence-corrected chi connectivity index (χ3v) is 2.93. The van der Waals surface area contributed by atoms with Crippen molar-refractivity contribution >= 4 is 6.09 Å². The largest absolute Gasteiger partial charge is 0.444 e. The molecule has 8 heteroatoms. The molecule has 1 aliphatic heterocycles. The molecule has 0 bridgehead atoms. The van der Waals surface area contributed by atoms with Crippen molar-refractivity contribution < 1.29 is 22.7 Å². The van der Waals surface area contributed by atoms with Crippen LogP contribution in [-0.4, -0.2) is 39.7 Å². The molecule has 0 N–H and O–H groups in total. The second kappa shape index (κ2) is 5.16. The average molecular weight is 303 g/mol. The normalized spacial score (nSPS) is 16.6. The van der Waals surface area contributed by atoms with Gasteiger partial charge in [0.2, 0.25) is 0 Å². The van der Waals surface area contributed by atoms with E-state index in [-0.39, 0.29) is 11.6 Å². The monoisotopic (exact) mass is 303 g/mol. The Balaban J connectivity index is 1.97. The van der Waals surface area contributed by atoms with Crippen molar-refractivity contribution in [3.8, 4) is 0 Å². The summed E-state index contributed by atoms with van der Waals surface area (Å²) in [7, 11) is 0. The zero-order chi connectivity index (χ0) is 15.8. The molecule has 0 aliphatic carbocycles. The maximum Gasteiger partial charge on any atom is 0.433 e. The van der Waals surface area contributed by atoms with E-state index in [0.29, 0.717) is 13.1 Å². The summed E-state index contributed by atoms with van der Waals surface area (Å²) < 4.78 is 42.9. The molecule has 116 valence electrons. The van der Waals surface area contributed by atoms with Crippen molar-refractivity contribution in [2.24, 2.45) is 0 Å². The maximum absolute atomic E-state index is 12.6. The summed E-state index contributed by atoms with van der Waals surface area (Å²) in [6, 6.07) is 0.928. The first-order valence-electron chi connectivity index (χ1n) is 6.43. The molecule has 1 aromatic rings. The molecule has 0 radical (unpaired) electrons. The molecule has 2 rings (SSSR count). The molecule has 0 atom stereocenters. The fourth-order valence-corrected chi connectivity index (χ4v) is 1.89. The van der Waals surface area contributed by atoms with Crippen molar-refractivity contribution in [1.82, 2.24) is 14.9 Å². The van der Waals surface area contributed by atoms with Gasteiger partial charge in [-0.15, -0.1) is 0 Å². The molecule has 1 saturated heterocycles. The minimum Gasteiger partial charge on any atom is -0.444 e. The Morgan fingerprint density at radius 3 is 2.43 bits per heavy atom. The Bertz CT molecular complexity index is 534. The molecule has 2 heterocycles. The number of amides is 1. The number of carbonyl (C=O) groups excluding carboxylic acids is 1. The van der Waals surface area contributed by atoms with Gasteiger partial charge in [0.05, 0.1) is 5.69 Å². The van der Waals surface area contributed by atoms with Gasteiger partial charge in [0.1, 0.15) is 17.6 Å². The van der Waals surface area contributed by atoms with E-state index in [4.69, 9.17) is 4.74 Å². The predicted octanol–water partition coefficient (Wildman–Crippen LogP) is 2.83. The minimum atomic E-state index is -4.49. The number of aromatic nitrogens is 2. The lowest BCUT2D eigenvalue weighted by Gasteiger charge is -2.39. The van der Waals surface area contributed by atoms with Gasteiger partial charge in [-0.05, 0) is 26.8 Å². The van der Waals surface area contributed by atoms with Crippen LogP contribution in [0.5, 0.6) is 0 Å². The van der Waals surface area contributed by atoms with Crippen LogP contribution < -0.4 is 0 Å². The summed E-state index contributed by atoms with van der Waals surface area (Å²) in [6.45, 7) is 5.85. The highest BCUT2D eigenvalue weighted by molar-refractivity contribution is 5.69. The van der Waals surface area contributed by atoms with Crippen LogP contribution in [0.1, 0.15) is 38.1 Å². The highest BCUT2D eigenvalue weighted by Crippen LogP contribution is 2.31. The van der Waals surface area contributed by atoms with Gasteiger partial charge in [0, 0.05) is 19.0 Å². The van der Waals surface area contributed by atoms with Crippen molar-refractivity contribution in [2.75, 3.05) is 13.1 Å². The molecule has 0 unspecified atom stereocenters. The molecule has 1 aliphatic rings. The third-order valence-electron chi connectivity index (χ3n) is 2.93. The Kier molecular flexibility index (Phi) is 3.81. The SMILES string of the molecule is CC(C)(C)OC(=O)N1CC(c2cc(C(F)(F)F)ncn2)C1. The summed E-state index contributed by atoms with van der Waals surface area (Å²) in [5, 5.41) is 0. The van der Waals surface area contributed by atoms with E-state index in [2.05, 4.69) is 9.97 Å². The minimum absolute atomic E-state index is 0.221. The van der Waals surface area contributed by atoms with Gasteiger partial charge >= 0.3 is 12.3 Å². The zero-order valence-corrected chi connectivity index (χ0v) is 11.9. The second-order valence-electron chi connectivity index (χ2n) is 5.91. The highest BCUT2D eigenvalue weighted by Gasteiger charge is 2.38. The van der Waals surface area contributed by atoms with E-state index in [1.165, 1.54) is 4.90 Å². The molecule has 1 fully saturated rings. The molecule has 21 heavy (non-hydrogen) atoms. The Hall–Kier alpha value is -1.86. The van der Waals surface area contributed by atoms with Gasteiger partial charge < -0.3 is 9.64 Å². The summed E-state index contributed by atoms with van der Waals surface area (Å²) in [6.07, 6.45) is -4.07. The third kappa shape index (κ3) is 3.83. The molecule has 1 amide bonds. The summed E-state index contributed by atoms with van der Waals surface area (Å²) in [5.41, 5.74) is -1.28. The van der Waals surface area contributed by atoms with E-state index >= 15 is 0 Å². The average Bonchev–Trinajstić information content (AvgIpc) is 2.23. The van der Waals surface area contributed by atoms with Gasteiger partial charge in [-0.25, -0.2) is 14.8 Å². The van der Waals surface area contributed by atoms with E-state index < -0.39 is 23.6 Å². The maximum atomic E-state index is 12.6. The number of ether oxygens (including phenoxy) is 1. The van der Waals surface area contributed by atoms with E-state index in [1.54, 1.807) is 20.8 Å². The van der Waals surface area contributed by atoms with Crippen LogP contribution >= 0.6 is 0 Å². The quantitative estimate of drug-likeness (QED) is 0.800. The Labute approximate surface area is 120 Å². The molecular formula is C13H16F3N3O2. The van der Waals surface area contributed by atoms with E-state index in [1.807, 2.05) is 0 Å². The first-order valence-corrected chi connectivity index (χ1v) is 6.43. The highest BCUT2D eigenvalue weighted by atomic mass is 19.4. The van der Waals surface area contributed by atoms with Crippen molar-refractivity contribution in [3.05, 3.63) is 23.8 Å².